The zero-order chi connectivity index (χ0) is 23.2. The van der Waals surface area contributed by atoms with E-state index in [1.165, 1.54) is 23.4 Å². The van der Waals surface area contributed by atoms with E-state index in [1.54, 1.807) is 30.1 Å². The molecule has 14 heteroatoms. The van der Waals surface area contributed by atoms with Crippen LogP contribution in [0.15, 0.2) is 37.1 Å². The second-order valence-corrected chi connectivity index (χ2v) is 8.47. The Bertz CT molecular complexity index is 1330. The minimum Gasteiger partial charge on any atom is -0.375 e. The molecule has 5 rings (SSSR count). The number of rotatable bonds is 5. The highest BCUT2D eigenvalue weighted by Crippen LogP contribution is 2.37. The SMILES string of the molecule is COC1(C)CN(c2c(NC(=O)Nc3cnc(-n4nccn4)c(Cl)c3)cnn3cc(Cl)nc23)C1. The van der Waals surface area contributed by atoms with Crippen LogP contribution in [0, 0.1) is 0 Å². The van der Waals surface area contributed by atoms with Crippen LogP contribution >= 0.6 is 23.2 Å². The van der Waals surface area contributed by atoms with Gasteiger partial charge in [-0.2, -0.15) is 15.3 Å². The number of methoxy groups -OCH3 is 1. The molecule has 4 aromatic heterocycles. The Morgan fingerprint density at radius 3 is 2.61 bits per heavy atom. The fourth-order valence-corrected chi connectivity index (χ4v) is 4.02. The molecule has 1 aliphatic heterocycles. The van der Waals surface area contributed by atoms with E-state index < -0.39 is 6.03 Å². The third-order valence-corrected chi connectivity index (χ3v) is 5.69. The van der Waals surface area contributed by atoms with Crippen molar-refractivity contribution in [2.75, 3.05) is 35.7 Å². The standard InChI is InChI=1S/C19H18Cl2N10O2/c1-19(33-2)9-29(10-19)15-13(7-25-30-8-14(21)28-17(15)30)27-18(32)26-11-5-12(20)16(22-6-11)31-23-3-4-24-31/h3-8H,9-10H2,1-2H3,(H2,26,27,32). The number of carbonyl (C=O) groups excluding carboxylic acids is 1. The van der Waals surface area contributed by atoms with Crippen LogP contribution in [0.25, 0.3) is 11.5 Å². The molecule has 0 atom stereocenters. The number of urea groups is 1. The predicted molar refractivity (Wildman–Crippen MR) is 122 cm³/mol. The van der Waals surface area contributed by atoms with Crippen molar-refractivity contribution in [3.05, 3.63) is 47.2 Å². The third kappa shape index (κ3) is 4.03. The Hall–Kier alpha value is -3.48. The Balaban J connectivity index is 1.38. The van der Waals surface area contributed by atoms with E-state index in [-0.39, 0.29) is 10.6 Å². The quantitative estimate of drug-likeness (QED) is 0.438. The molecule has 170 valence electrons. The van der Waals surface area contributed by atoms with Gasteiger partial charge in [0.25, 0.3) is 0 Å². The lowest BCUT2D eigenvalue weighted by Crippen LogP contribution is -2.61. The van der Waals surface area contributed by atoms with Crippen molar-refractivity contribution in [2.24, 2.45) is 0 Å². The molecule has 1 aliphatic rings. The number of aromatic nitrogens is 7. The van der Waals surface area contributed by atoms with Crippen molar-refractivity contribution in [1.29, 1.82) is 0 Å². The molecular weight excluding hydrogens is 471 g/mol. The van der Waals surface area contributed by atoms with Crippen molar-refractivity contribution in [1.82, 2.24) is 34.6 Å². The highest BCUT2D eigenvalue weighted by Gasteiger charge is 2.41. The first-order chi connectivity index (χ1) is 15.8. The monoisotopic (exact) mass is 488 g/mol. The number of halogens is 2. The van der Waals surface area contributed by atoms with Crippen molar-refractivity contribution in [3.8, 4) is 5.82 Å². The van der Waals surface area contributed by atoms with Gasteiger partial charge in [0.15, 0.2) is 11.5 Å². The number of amides is 2. The summed E-state index contributed by atoms with van der Waals surface area (Å²) in [4.78, 5) is 24.7. The van der Waals surface area contributed by atoms with Gasteiger partial charge in [-0.25, -0.2) is 19.3 Å². The molecule has 0 aliphatic carbocycles. The Labute approximate surface area is 197 Å². The van der Waals surface area contributed by atoms with Crippen LogP contribution in [0.3, 0.4) is 0 Å². The largest absolute Gasteiger partial charge is 0.375 e. The van der Waals surface area contributed by atoms with Crippen LogP contribution in [0.1, 0.15) is 6.92 Å². The molecule has 12 nitrogen and oxygen atoms in total. The molecule has 0 bridgehead atoms. The second kappa shape index (κ2) is 8.14. The average molecular weight is 489 g/mol. The molecule has 2 amide bonds. The number of nitrogens with one attached hydrogen (secondary N) is 2. The summed E-state index contributed by atoms with van der Waals surface area (Å²) in [6.07, 6.45) is 7.63. The van der Waals surface area contributed by atoms with Gasteiger partial charge in [-0.05, 0) is 13.0 Å². The zero-order valence-corrected chi connectivity index (χ0v) is 19.0. The fourth-order valence-electron chi connectivity index (χ4n) is 3.60. The van der Waals surface area contributed by atoms with Crippen LogP contribution in [0.2, 0.25) is 10.2 Å². The summed E-state index contributed by atoms with van der Waals surface area (Å²) in [5.74, 6) is 0.347. The van der Waals surface area contributed by atoms with Crippen molar-refractivity contribution in [2.45, 2.75) is 12.5 Å². The summed E-state index contributed by atoms with van der Waals surface area (Å²) in [6.45, 7) is 3.25. The van der Waals surface area contributed by atoms with Gasteiger partial charge in [0.05, 0.1) is 53.0 Å². The highest BCUT2D eigenvalue weighted by molar-refractivity contribution is 6.32. The van der Waals surface area contributed by atoms with E-state index >= 15 is 0 Å². The Kier molecular flexibility index (Phi) is 5.27. The van der Waals surface area contributed by atoms with E-state index in [1.807, 2.05) is 11.8 Å². The minimum atomic E-state index is -0.502. The van der Waals surface area contributed by atoms with Crippen molar-refractivity contribution >= 4 is 51.9 Å². The van der Waals surface area contributed by atoms with E-state index in [0.717, 1.165) is 0 Å². The number of carbonyl (C=O) groups is 1. The maximum absolute atomic E-state index is 12.8. The van der Waals surface area contributed by atoms with Gasteiger partial charge >= 0.3 is 6.03 Å². The van der Waals surface area contributed by atoms with E-state index in [9.17, 15) is 4.79 Å². The molecule has 5 heterocycles. The van der Waals surface area contributed by atoms with Gasteiger partial charge in [0, 0.05) is 20.2 Å². The summed E-state index contributed by atoms with van der Waals surface area (Å²) in [5.41, 5.74) is 1.79. The average Bonchev–Trinajstić information content (AvgIpc) is 3.41. The maximum Gasteiger partial charge on any atom is 0.323 e. The number of anilines is 3. The zero-order valence-electron chi connectivity index (χ0n) is 17.5. The molecule has 33 heavy (non-hydrogen) atoms. The molecule has 1 fully saturated rings. The van der Waals surface area contributed by atoms with Gasteiger partial charge < -0.3 is 20.3 Å². The van der Waals surface area contributed by atoms with Gasteiger partial charge in [0.2, 0.25) is 0 Å². The van der Waals surface area contributed by atoms with Crippen molar-refractivity contribution < 1.29 is 9.53 Å². The summed E-state index contributed by atoms with van der Waals surface area (Å²) in [7, 11) is 1.67. The summed E-state index contributed by atoms with van der Waals surface area (Å²) in [5, 5.41) is 18.4. The number of pyridine rings is 1. The lowest BCUT2D eigenvalue weighted by molar-refractivity contribution is -0.0166. The van der Waals surface area contributed by atoms with Gasteiger partial charge in [-0.1, -0.05) is 23.2 Å². The number of ether oxygens (including phenoxy) is 1. The summed E-state index contributed by atoms with van der Waals surface area (Å²) < 4.78 is 7.11. The topological polar surface area (TPSA) is 127 Å². The Morgan fingerprint density at radius 1 is 1.15 bits per heavy atom. The molecule has 0 aromatic carbocycles. The fraction of sp³-hybridized carbons (Fsp3) is 0.263. The molecule has 2 N–H and O–H groups in total. The van der Waals surface area contributed by atoms with Crippen LogP contribution < -0.4 is 15.5 Å². The first kappa shape index (κ1) is 21.4. The van der Waals surface area contributed by atoms with Crippen LogP contribution in [-0.2, 0) is 4.74 Å². The van der Waals surface area contributed by atoms with Gasteiger partial charge in [-0.15, -0.1) is 4.80 Å². The number of fused-ring (bicyclic) bond motifs is 1. The predicted octanol–water partition coefficient (Wildman–Crippen LogP) is 2.88. The van der Waals surface area contributed by atoms with Gasteiger partial charge in [-0.3, -0.25) is 0 Å². The van der Waals surface area contributed by atoms with Crippen LogP contribution in [0.5, 0.6) is 0 Å². The number of imidazole rings is 1. The molecule has 0 unspecified atom stereocenters. The van der Waals surface area contributed by atoms with E-state index in [0.29, 0.717) is 46.8 Å². The van der Waals surface area contributed by atoms with Crippen molar-refractivity contribution in [3.63, 3.8) is 0 Å². The molecular formula is C19H18Cl2N10O2. The lowest BCUT2D eigenvalue weighted by atomic mass is 9.95. The van der Waals surface area contributed by atoms with Crippen LogP contribution in [-0.4, -0.2) is 66.4 Å². The molecule has 0 spiro atoms. The number of hydrogen-bond donors (Lipinski definition) is 2. The maximum atomic E-state index is 12.8. The third-order valence-electron chi connectivity index (χ3n) is 5.23. The second-order valence-electron chi connectivity index (χ2n) is 7.68. The number of nitrogens with zero attached hydrogens (tertiary/aromatic N) is 8. The molecule has 4 aromatic rings. The smallest absolute Gasteiger partial charge is 0.323 e. The number of hydrogen-bond acceptors (Lipinski definition) is 8. The molecule has 0 radical (unpaired) electrons. The normalized spacial score (nSPS) is 14.8. The highest BCUT2D eigenvalue weighted by atomic mass is 35.5. The minimum absolute atomic E-state index is 0.277. The first-order valence-electron chi connectivity index (χ1n) is 9.79. The first-order valence-corrected chi connectivity index (χ1v) is 10.5. The Morgan fingerprint density at radius 2 is 1.91 bits per heavy atom. The molecule has 0 saturated carbocycles. The van der Waals surface area contributed by atoms with Gasteiger partial charge in [0.1, 0.15) is 10.8 Å². The van der Waals surface area contributed by atoms with E-state index in [4.69, 9.17) is 27.9 Å². The van der Waals surface area contributed by atoms with E-state index in [2.05, 4.69) is 35.9 Å². The lowest BCUT2D eigenvalue weighted by Gasteiger charge is -2.48. The molecule has 1 saturated heterocycles. The van der Waals surface area contributed by atoms with Crippen LogP contribution in [0.4, 0.5) is 21.9 Å². The summed E-state index contributed by atoms with van der Waals surface area (Å²) in [6, 6.07) is 1.06. The summed E-state index contributed by atoms with van der Waals surface area (Å²) >= 11 is 12.4.